The molecule has 2 aromatic carbocycles. The first-order chi connectivity index (χ1) is 21.3. The maximum atomic E-state index is 12.8. The first-order valence-electron chi connectivity index (χ1n) is 16.4. The van der Waals surface area contributed by atoms with E-state index in [1.807, 2.05) is 36.5 Å². The molecule has 1 fully saturated rings. The smallest absolute Gasteiger partial charge is 0.329 e. The fourth-order valence-corrected chi connectivity index (χ4v) is 8.98. The highest BCUT2D eigenvalue weighted by atomic mass is 35.5. The second kappa shape index (κ2) is 11.6. The lowest BCUT2D eigenvalue weighted by atomic mass is 9.59. The van der Waals surface area contributed by atoms with Gasteiger partial charge in [0.25, 0.3) is 0 Å². The van der Waals surface area contributed by atoms with Gasteiger partial charge in [-0.15, -0.1) is 0 Å². The molecule has 7 heteroatoms. The van der Waals surface area contributed by atoms with Crippen molar-refractivity contribution in [3.05, 3.63) is 81.6 Å². The van der Waals surface area contributed by atoms with Crippen LogP contribution in [-0.2, 0) is 29.5 Å². The molecule has 3 aromatic rings. The number of carboxylic acids is 1. The second-order valence-corrected chi connectivity index (χ2v) is 14.3. The minimum atomic E-state index is -1.03. The number of halogens is 1. The number of aliphatic carboxylic acids is 1. The standard InChI is InChI=1S/C37H43ClN2O4/c1-23(22-44-32-9-15-39-31-8-3-5-24(2)34(31)32)17-27-19-26-18-25-10-16-43-33(25)21-30(26)36(27)11-13-37(14-12-36,35(41)42)40-29-7-4-6-28(38)20-29/h4,6-7,9,15,18,20-21,23-24,27,40H,3,5,8,10-14,16-17,19,22H2,1-2H3,(H,41,42)/t23-,24-,27+,36?,37?/m1/s1. The molecule has 6 nitrogen and oxygen atoms in total. The molecule has 3 aliphatic carbocycles. The highest BCUT2D eigenvalue weighted by Gasteiger charge is 2.54. The summed E-state index contributed by atoms with van der Waals surface area (Å²) in [7, 11) is 0. The lowest BCUT2D eigenvalue weighted by Crippen LogP contribution is -2.53. The number of carbonyl (C=O) groups is 1. The minimum absolute atomic E-state index is 0.0795. The molecule has 0 radical (unpaired) electrons. The Labute approximate surface area is 265 Å². The van der Waals surface area contributed by atoms with Crippen LogP contribution in [0.3, 0.4) is 0 Å². The van der Waals surface area contributed by atoms with Crippen LogP contribution in [0, 0.1) is 11.8 Å². The molecule has 1 spiro atoms. The van der Waals surface area contributed by atoms with Gasteiger partial charge in [-0.2, -0.15) is 0 Å². The Kier molecular flexibility index (Phi) is 7.76. The van der Waals surface area contributed by atoms with Crippen molar-refractivity contribution < 1.29 is 19.4 Å². The molecular formula is C37H43ClN2O4. The fourth-order valence-electron chi connectivity index (χ4n) is 8.79. The van der Waals surface area contributed by atoms with Gasteiger partial charge >= 0.3 is 5.97 Å². The van der Waals surface area contributed by atoms with E-state index in [4.69, 9.17) is 21.1 Å². The summed E-state index contributed by atoms with van der Waals surface area (Å²) in [5, 5.41) is 14.5. The van der Waals surface area contributed by atoms with Crippen LogP contribution in [0.4, 0.5) is 5.69 Å². The Morgan fingerprint density at radius 2 is 2.00 bits per heavy atom. The van der Waals surface area contributed by atoms with Gasteiger partial charge in [0, 0.05) is 34.6 Å². The van der Waals surface area contributed by atoms with E-state index in [1.54, 1.807) is 0 Å². The summed E-state index contributed by atoms with van der Waals surface area (Å²) < 4.78 is 12.6. The Balaban J connectivity index is 1.13. The van der Waals surface area contributed by atoms with Crippen molar-refractivity contribution in [1.29, 1.82) is 0 Å². The van der Waals surface area contributed by atoms with E-state index in [2.05, 4.69) is 36.3 Å². The van der Waals surface area contributed by atoms with Crippen molar-refractivity contribution in [1.82, 2.24) is 4.98 Å². The predicted octanol–water partition coefficient (Wildman–Crippen LogP) is 8.13. The normalized spacial score (nSPS) is 27.6. The van der Waals surface area contributed by atoms with Crippen molar-refractivity contribution >= 4 is 23.3 Å². The summed E-state index contributed by atoms with van der Waals surface area (Å²) in [6.07, 6.45) is 11.1. The van der Waals surface area contributed by atoms with Crippen LogP contribution in [0.15, 0.2) is 48.7 Å². The van der Waals surface area contributed by atoms with Gasteiger partial charge in [0.2, 0.25) is 0 Å². The SMILES string of the molecule is C[C@@H](COc1ccnc2c1[C@H](C)CCC2)C[C@H]1Cc2cc3c(cc2C12CCC(Nc1cccc(Cl)c1)(C(=O)O)CC2)OCC3. The quantitative estimate of drug-likeness (QED) is 0.267. The molecular weight excluding hydrogens is 572 g/mol. The first-order valence-corrected chi connectivity index (χ1v) is 16.8. The molecule has 1 aliphatic heterocycles. The number of aryl methyl sites for hydroxylation is 1. The van der Waals surface area contributed by atoms with E-state index in [9.17, 15) is 9.90 Å². The number of fused-ring (bicyclic) bond motifs is 4. The average Bonchev–Trinajstić information content (AvgIpc) is 3.58. The molecule has 0 amide bonds. The molecule has 1 saturated carbocycles. The molecule has 0 unspecified atom stereocenters. The van der Waals surface area contributed by atoms with Gasteiger partial charge in [0.1, 0.15) is 17.0 Å². The Morgan fingerprint density at radius 3 is 2.80 bits per heavy atom. The minimum Gasteiger partial charge on any atom is -0.493 e. The highest BCUT2D eigenvalue weighted by molar-refractivity contribution is 6.30. The van der Waals surface area contributed by atoms with E-state index in [-0.39, 0.29) is 5.41 Å². The van der Waals surface area contributed by atoms with Crippen molar-refractivity contribution in [2.24, 2.45) is 11.8 Å². The monoisotopic (exact) mass is 614 g/mol. The van der Waals surface area contributed by atoms with Crippen LogP contribution < -0.4 is 14.8 Å². The lowest BCUT2D eigenvalue weighted by molar-refractivity contribution is -0.144. The number of rotatable bonds is 8. The third-order valence-corrected chi connectivity index (χ3v) is 11.3. The number of nitrogens with one attached hydrogen (secondary N) is 1. The van der Waals surface area contributed by atoms with E-state index < -0.39 is 11.5 Å². The number of carboxylic acid groups (broad SMARTS) is 1. The van der Waals surface area contributed by atoms with Crippen molar-refractivity contribution in [2.45, 2.75) is 94.9 Å². The van der Waals surface area contributed by atoms with E-state index in [1.165, 1.54) is 40.8 Å². The number of anilines is 1. The lowest BCUT2D eigenvalue weighted by Gasteiger charge is -2.47. The number of benzene rings is 2. The van der Waals surface area contributed by atoms with E-state index >= 15 is 0 Å². The Bertz CT molecular complexity index is 1560. The van der Waals surface area contributed by atoms with Crippen molar-refractivity contribution in [3.8, 4) is 11.5 Å². The van der Waals surface area contributed by atoms with Crippen molar-refractivity contribution in [2.75, 3.05) is 18.5 Å². The summed E-state index contributed by atoms with van der Waals surface area (Å²) in [6, 6.07) is 14.1. The molecule has 0 saturated heterocycles. The van der Waals surface area contributed by atoms with Gasteiger partial charge < -0.3 is 19.9 Å². The van der Waals surface area contributed by atoms with E-state index in [0.29, 0.717) is 42.2 Å². The highest BCUT2D eigenvalue weighted by Crippen LogP contribution is 2.57. The summed E-state index contributed by atoms with van der Waals surface area (Å²) in [5.74, 6) is 2.48. The molecule has 3 atom stereocenters. The third-order valence-electron chi connectivity index (χ3n) is 11.1. The molecule has 44 heavy (non-hydrogen) atoms. The molecule has 1 aromatic heterocycles. The number of hydrogen-bond acceptors (Lipinski definition) is 5. The van der Waals surface area contributed by atoms with Crippen LogP contribution in [-0.4, -0.2) is 34.8 Å². The Morgan fingerprint density at radius 1 is 1.16 bits per heavy atom. The van der Waals surface area contributed by atoms with Crippen LogP contribution in [0.5, 0.6) is 11.5 Å². The molecule has 2 heterocycles. The zero-order chi connectivity index (χ0) is 30.5. The average molecular weight is 615 g/mol. The number of ether oxygens (including phenoxy) is 2. The zero-order valence-corrected chi connectivity index (χ0v) is 26.6. The van der Waals surface area contributed by atoms with Crippen LogP contribution in [0.2, 0.25) is 5.02 Å². The van der Waals surface area contributed by atoms with Gasteiger partial charge in [0.05, 0.1) is 13.2 Å². The van der Waals surface area contributed by atoms with Crippen molar-refractivity contribution in [3.63, 3.8) is 0 Å². The first kappa shape index (κ1) is 29.5. The van der Waals surface area contributed by atoms with Crippen LogP contribution in [0.25, 0.3) is 0 Å². The fraction of sp³-hybridized carbons (Fsp3) is 0.514. The summed E-state index contributed by atoms with van der Waals surface area (Å²) in [4.78, 5) is 17.5. The van der Waals surface area contributed by atoms with Crippen LogP contribution >= 0.6 is 11.6 Å². The summed E-state index contributed by atoms with van der Waals surface area (Å²) in [6.45, 7) is 6.01. The Hall–Kier alpha value is -3.25. The predicted molar refractivity (Wildman–Crippen MR) is 173 cm³/mol. The maximum Gasteiger partial charge on any atom is 0.329 e. The van der Waals surface area contributed by atoms with Gasteiger partial charge in [0.15, 0.2) is 0 Å². The molecule has 0 bridgehead atoms. The summed E-state index contributed by atoms with van der Waals surface area (Å²) >= 11 is 6.25. The number of hydrogen-bond donors (Lipinski definition) is 2. The van der Waals surface area contributed by atoms with Crippen LogP contribution in [0.1, 0.15) is 92.7 Å². The van der Waals surface area contributed by atoms with Gasteiger partial charge in [-0.3, -0.25) is 4.98 Å². The van der Waals surface area contributed by atoms with Gasteiger partial charge in [-0.1, -0.05) is 37.6 Å². The number of nitrogens with zero attached hydrogens (tertiary/aromatic N) is 1. The maximum absolute atomic E-state index is 12.8. The molecule has 4 aliphatic rings. The topological polar surface area (TPSA) is 80.7 Å². The zero-order valence-electron chi connectivity index (χ0n) is 25.8. The largest absolute Gasteiger partial charge is 0.493 e. The number of aromatic nitrogens is 1. The third kappa shape index (κ3) is 5.23. The number of pyridine rings is 1. The second-order valence-electron chi connectivity index (χ2n) is 13.9. The van der Waals surface area contributed by atoms with Gasteiger partial charge in [-0.25, -0.2) is 4.79 Å². The van der Waals surface area contributed by atoms with E-state index in [0.717, 1.165) is 62.3 Å². The molecule has 2 N–H and O–H groups in total. The summed E-state index contributed by atoms with van der Waals surface area (Å²) in [5.41, 5.74) is 6.27. The van der Waals surface area contributed by atoms with Gasteiger partial charge in [-0.05, 0) is 128 Å². The molecule has 232 valence electrons. The molecule has 7 rings (SSSR count).